The van der Waals surface area contributed by atoms with Crippen molar-refractivity contribution in [2.24, 2.45) is 0 Å². The zero-order chi connectivity index (χ0) is 12.2. The molecule has 1 aromatic rings. The number of sulfonamides is 1. The van der Waals surface area contributed by atoms with Gasteiger partial charge in [-0.2, -0.15) is 0 Å². The maximum absolute atomic E-state index is 11.9. The van der Waals surface area contributed by atoms with Gasteiger partial charge in [0.2, 0.25) is 10.0 Å². The summed E-state index contributed by atoms with van der Waals surface area (Å²) in [6, 6.07) is 6.12. The molecular weight excluding hydrogens is 269 g/mol. The zero-order valence-corrected chi connectivity index (χ0v) is 11.1. The van der Waals surface area contributed by atoms with E-state index in [1.54, 1.807) is 25.1 Å². The van der Waals surface area contributed by atoms with Gasteiger partial charge in [-0.05, 0) is 25.5 Å². The summed E-state index contributed by atoms with van der Waals surface area (Å²) in [6.45, 7) is 1.76. The van der Waals surface area contributed by atoms with Crippen LogP contribution >= 0.6 is 23.2 Å². The third kappa shape index (κ3) is 3.63. The predicted molar refractivity (Wildman–Crippen MR) is 66.6 cm³/mol. The molecule has 0 radical (unpaired) electrons. The standard InChI is InChI=1S/C10H13Cl2NO2S/c1-8(6-7-11)13-16(14,15)10-5-3-2-4-9(10)12/h2-5,8,13H,6-7H2,1H3. The van der Waals surface area contributed by atoms with E-state index in [1.165, 1.54) is 6.07 Å². The third-order valence-electron chi connectivity index (χ3n) is 2.02. The van der Waals surface area contributed by atoms with Gasteiger partial charge in [-0.25, -0.2) is 13.1 Å². The molecule has 1 atom stereocenters. The van der Waals surface area contributed by atoms with Gasteiger partial charge in [0.15, 0.2) is 0 Å². The molecule has 0 heterocycles. The Labute approximate surface area is 106 Å². The van der Waals surface area contributed by atoms with Crippen LogP contribution < -0.4 is 4.72 Å². The van der Waals surface area contributed by atoms with E-state index in [4.69, 9.17) is 23.2 Å². The molecule has 0 saturated carbocycles. The van der Waals surface area contributed by atoms with E-state index < -0.39 is 10.0 Å². The molecule has 0 saturated heterocycles. The summed E-state index contributed by atoms with van der Waals surface area (Å²) in [5.41, 5.74) is 0. The molecule has 0 aliphatic carbocycles. The van der Waals surface area contributed by atoms with Gasteiger partial charge < -0.3 is 0 Å². The second-order valence-corrected chi connectivity index (χ2v) is 5.90. The number of rotatable bonds is 5. The van der Waals surface area contributed by atoms with Crippen LogP contribution in [0.2, 0.25) is 5.02 Å². The number of alkyl halides is 1. The van der Waals surface area contributed by atoms with Crippen LogP contribution in [0.5, 0.6) is 0 Å². The number of hydrogen-bond donors (Lipinski definition) is 1. The molecule has 0 aromatic heterocycles. The Bertz CT molecular complexity index is 448. The monoisotopic (exact) mass is 281 g/mol. The highest BCUT2D eigenvalue weighted by atomic mass is 35.5. The minimum atomic E-state index is -3.55. The number of nitrogens with one attached hydrogen (secondary N) is 1. The molecule has 1 unspecified atom stereocenters. The van der Waals surface area contributed by atoms with Crippen LogP contribution in [0, 0.1) is 0 Å². The van der Waals surface area contributed by atoms with E-state index in [0.29, 0.717) is 12.3 Å². The molecule has 90 valence electrons. The summed E-state index contributed by atoms with van der Waals surface area (Å²) >= 11 is 11.4. The molecule has 1 N–H and O–H groups in total. The fourth-order valence-electron chi connectivity index (χ4n) is 1.21. The van der Waals surface area contributed by atoms with E-state index in [0.717, 1.165) is 0 Å². The van der Waals surface area contributed by atoms with Crippen LogP contribution in [-0.4, -0.2) is 20.3 Å². The lowest BCUT2D eigenvalue weighted by Crippen LogP contribution is -2.33. The molecule has 0 bridgehead atoms. The van der Waals surface area contributed by atoms with Crippen LogP contribution in [0.4, 0.5) is 0 Å². The van der Waals surface area contributed by atoms with Crippen molar-refractivity contribution in [2.45, 2.75) is 24.3 Å². The summed E-state index contributed by atoms with van der Waals surface area (Å²) in [7, 11) is -3.55. The quantitative estimate of drug-likeness (QED) is 0.844. The number of hydrogen-bond acceptors (Lipinski definition) is 2. The van der Waals surface area contributed by atoms with Gasteiger partial charge in [0, 0.05) is 11.9 Å². The van der Waals surface area contributed by atoms with E-state index in [2.05, 4.69) is 4.72 Å². The van der Waals surface area contributed by atoms with Crippen LogP contribution in [-0.2, 0) is 10.0 Å². The summed E-state index contributed by atoms with van der Waals surface area (Å²) in [6.07, 6.45) is 0.575. The second-order valence-electron chi connectivity index (χ2n) is 3.43. The Hall–Kier alpha value is -0.290. The highest BCUT2D eigenvalue weighted by Crippen LogP contribution is 2.20. The molecule has 0 aliphatic rings. The molecule has 0 amide bonds. The average molecular weight is 282 g/mol. The Morgan fingerprint density at radius 3 is 2.56 bits per heavy atom. The Kier molecular flexibility index (Phi) is 5.05. The van der Waals surface area contributed by atoms with E-state index in [9.17, 15) is 8.42 Å². The smallest absolute Gasteiger partial charge is 0.208 e. The summed E-state index contributed by atoms with van der Waals surface area (Å²) in [5, 5.41) is 0.216. The lowest BCUT2D eigenvalue weighted by atomic mass is 10.3. The molecule has 1 aromatic carbocycles. The Balaban J connectivity index is 2.91. The first kappa shape index (κ1) is 13.8. The van der Waals surface area contributed by atoms with Crippen molar-refractivity contribution >= 4 is 33.2 Å². The average Bonchev–Trinajstić information content (AvgIpc) is 2.17. The van der Waals surface area contributed by atoms with Crippen LogP contribution in [0.15, 0.2) is 29.2 Å². The molecule has 1 rings (SSSR count). The Morgan fingerprint density at radius 1 is 1.38 bits per heavy atom. The van der Waals surface area contributed by atoms with Gasteiger partial charge in [0.05, 0.1) is 5.02 Å². The van der Waals surface area contributed by atoms with Gasteiger partial charge >= 0.3 is 0 Å². The van der Waals surface area contributed by atoms with Gasteiger partial charge in [0.25, 0.3) is 0 Å². The van der Waals surface area contributed by atoms with Crippen molar-refractivity contribution < 1.29 is 8.42 Å². The van der Waals surface area contributed by atoms with Gasteiger partial charge in [0.1, 0.15) is 4.90 Å². The lowest BCUT2D eigenvalue weighted by Gasteiger charge is -2.13. The predicted octanol–water partition coefficient (Wildman–Crippen LogP) is 2.64. The van der Waals surface area contributed by atoms with Gasteiger partial charge in [-0.15, -0.1) is 11.6 Å². The summed E-state index contributed by atoms with van der Waals surface area (Å²) < 4.78 is 26.3. The SMILES string of the molecule is CC(CCCl)NS(=O)(=O)c1ccccc1Cl. The van der Waals surface area contributed by atoms with Crippen molar-refractivity contribution in [2.75, 3.05) is 5.88 Å². The maximum atomic E-state index is 11.9. The summed E-state index contributed by atoms with van der Waals surface area (Å²) in [4.78, 5) is 0.0955. The van der Waals surface area contributed by atoms with Gasteiger partial charge in [-0.1, -0.05) is 23.7 Å². The largest absolute Gasteiger partial charge is 0.242 e. The van der Waals surface area contributed by atoms with Crippen LogP contribution in [0.1, 0.15) is 13.3 Å². The number of halogens is 2. The fraction of sp³-hybridized carbons (Fsp3) is 0.400. The van der Waals surface area contributed by atoms with Crippen molar-refractivity contribution in [1.82, 2.24) is 4.72 Å². The van der Waals surface area contributed by atoms with Crippen molar-refractivity contribution in [1.29, 1.82) is 0 Å². The molecule has 0 aliphatic heterocycles. The molecule has 6 heteroatoms. The molecule has 0 spiro atoms. The van der Waals surface area contributed by atoms with E-state index in [-0.39, 0.29) is 16.0 Å². The molecule has 3 nitrogen and oxygen atoms in total. The normalized spacial score (nSPS) is 13.7. The van der Waals surface area contributed by atoms with Crippen LogP contribution in [0.3, 0.4) is 0 Å². The van der Waals surface area contributed by atoms with Crippen molar-refractivity contribution in [3.05, 3.63) is 29.3 Å². The molecular formula is C10H13Cl2NO2S. The van der Waals surface area contributed by atoms with E-state index >= 15 is 0 Å². The topological polar surface area (TPSA) is 46.2 Å². The molecule has 0 fully saturated rings. The highest BCUT2D eigenvalue weighted by molar-refractivity contribution is 7.89. The van der Waals surface area contributed by atoms with Crippen molar-refractivity contribution in [3.63, 3.8) is 0 Å². The highest BCUT2D eigenvalue weighted by Gasteiger charge is 2.19. The fourth-order valence-corrected chi connectivity index (χ4v) is 3.34. The summed E-state index contributed by atoms with van der Waals surface area (Å²) in [5.74, 6) is 0.409. The molecule has 16 heavy (non-hydrogen) atoms. The maximum Gasteiger partial charge on any atom is 0.242 e. The first-order chi connectivity index (χ1) is 7.47. The minimum Gasteiger partial charge on any atom is -0.208 e. The van der Waals surface area contributed by atoms with Gasteiger partial charge in [-0.3, -0.25) is 0 Å². The third-order valence-corrected chi connectivity index (χ3v) is 4.33. The van der Waals surface area contributed by atoms with Crippen LogP contribution in [0.25, 0.3) is 0 Å². The minimum absolute atomic E-state index is 0.0955. The first-order valence-corrected chi connectivity index (χ1v) is 7.20. The second kappa shape index (κ2) is 5.87. The first-order valence-electron chi connectivity index (χ1n) is 4.80. The zero-order valence-electron chi connectivity index (χ0n) is 8.78. The number of benzene rings is 1. The van der Waals surface area contributed by atoms with E-state index in [1.807, 2.05) is 0 Å². The Morgan fingerprint density at radius 2 is 2.00 bits per heavy atom. The lowest BCUT2D eigenvalue weighted by molar-refractivity contribution is 0.557. The van der Waals surface area contributed by atoms with Crippen molar-refractivity contribution in [3.8, 4) is 0 Å².